The van der Waals surface area contributed by atoms with Crippen LogP contribution in [0.2, 0.25) is 0 Å². The zero-order valence-electron chi connectivity index (χ0n) is 14.0. The van der Waals surface area contributed by atoms with Gasteiger partial charge in [0.25, 0.3) is 0 Å². The summed E-state index contributed by atoms with van der Waals surface area (Å²) in [6.45, 7) is 6.46. The summed E-state index contributed by atoms with van der Waals surface area (Å²) >= 11 is 5.33. The highest BCUT2D eigenvalue weighted by atomic mass is 32.1. The van der Waals surface area contributed by atoms with Crippen LogP contribution < -0.4 is 0 Å². The third-order valence-corrected chi connectivity index (χ3v) is 4.52. The lowest BCUT2D eigenvalue weighted by molar-refractivity contribution is -0.138. The van der Waals surface area contributed by atoms with E-state index in [4.69, 9.17) is 17.0 Å². The summed E-state index contributed by atoms with van der Waals surface area (Å²) in [5.74, 6) is 0.895. The quantitative estimate of drug-likeness (QED) is 0.864. The SMILES string of the molecule is Cc1ccc(-c2n[nH]c(=S)n2CCC(=O)N2CCOC(C)C2)cc1. The number of nitrogens with zero attached hydrogens (tertiary/aromatic N) is 3. The first kappa shape index (κ1) is 16.9. The monoisotopic (exact) mass is 346 g/mol. The number of hydrogen-bond donors (Lipinski definition) is 1. The molecular weight excluding hydrogens is 324 g/mol. The van der Waals surface area contributed by atoms with Gasteiger partial charge in [0, 0.05) is 31.6 Å². The van der Waals surface area contributed by atoms with Gasteiger partial charge in [-0.2, -0.15) is 5.10 Å². The number of aryl methyl sites for hydroxylation is 1. The molecule has 24 heavy (non-hydrogen) atoms. The molecule has 2 heterocycles. The number of morpholine rings is 1. The highest BCUT2D eigenvalue weighted by Crippen LogP contribution is 2.18. The summed E-state index contributed by atoms with van der Waals surface area (Å²) in [4.78, 5) is 14.3. The fourth-order valence-electron chi connectivity index (χ4n) is 2.86. The number of aromatic amines is 1. The third kappa shape index (κ3) is 3.73. The van der Waals surface area contributed by atoms with Crippen molar-refractivity contribution in [2.45, 2.75) is 32.9 Å². The Morgan fingerprint density at radius 1 is 1.42 bits per heavy atom. The van der Waals surface area contributed by atoms with Crippen molar-refractivity contribution in [1.29, 1.82) is 0 Å². The largest absolute Gasteiger partial charge is 0.375 e. The number of carbonyl (C=O) groups is 1. The fraction of sp³-hybridized carbons (Fsp3) is 0.471. The molecule has 1 N–H and O–H groups in total. The lowest BCUT2D eigenvalue weighted by atomic mass is 10.1. The van der Waals surface area contributed by atoms with Crippen LogP contribution in [-0.2, 0) is 16.1 Å². The minimum Gasteiger partial charge on any atom is -0.375 e. The van der Waals surface area contributed by atoms with Gasteiger partial charge in [0.05, 0.1) is 12.7 Å². The lowest BCUT2D eigenvalue weighted by Gasteiger charge is -2.31. The molecule has 1 atom stereocenters. The second kappa shape index (κ2) is 7.27. The Labute approximate surface area is 146 Å². The van der Waals surface area contributed by atoms with Crippen LogP contribution >= 0.6 is 12.2 Å². The van der Waals surface area contributed by atoms with E-state index in [-0.39, 0.29) is 12.0 Å². The van der Waals surface area contributed by atoms with Gasteiger partial charge in [-0.1, -0.05) is 29.8 Å². The molecule has 0 bridgehead atoms. The maximum atomic E-state index is 12.4. The topological polar surface area (TPSA) is 63.2 Å². The molecule has 1 aliphatic rings. The van der Waals surface area contributed by atoms with Crippen molar-refractivity contribution in [3.8, 4) is 11.4 Å². The molecule has 1 saturated heterocycles. The third-order valence-electron chi connectivity index (χ3n) is 4.21. The Hall–Kier alpha value is -1.99. The highest BCUT2D eigenvalue weighted by molar-refractivity contribution is 7.71. The number of amides is 1. The average Bonchev–Trinajstić information content (AvgIpc) is 2.94. The Morgan fingerprint density at radius 3 is 2.88 bits per heavy atom. The minimum absolute atomic E-state index is 0.0990. The van der Waals surface area contributed by atoms with Gasteiger partial charge in [0.1, 0.15) is 0 Å². The van der Waals surface area contributed by atoms with Gasteiger partial charge in [-0.25, -0.2) is 0 Å². The molecule has 0 saturated carbocycles. The van der Waals surface area contributed by atoms with Gasteiger partial charge in [-0.3, -0.25) is 14.5 Å². The van der Waals surface area contributed by atoms with Crippen molar-refractivity contribution in [2.75, 3.05) is 19.7 Å². The van der Waals surface area contributed by atoms with Gasteiger partial charge >= 0.3 is 0 Å². The minimum atomic E-state index is 0.0990. The first-order valence-corrected chi connectivity index (χ1v) is 8.57. The van der Waals surface area contributed by atoms with Crippen molar-refractivity contribution in [2.24, 2.45) is 0 Å². The molecule has 1 aromatic carbocycles. The van der Waals surface area contributed by atoms with E-state index >= 15 is 0 Å². The van der Waals surface area contributed by atoms with Crippen LogP contribution in [0.15, 0.2) is 24.3 Å². The molecule has 1 unspecified atom stereocenters. The smallest absolute Gasteiger partial charge is 0.224 e. The van der Waals surface area contributed by atoms with E-state index in [0.29, 0.717) is 37.4 Å². The van der Waals surface area contributed by atoms with E-state index in [9.17, 15) is 4.79 Å². The molecular formula is C17H22N4O2S. The molecule has 1 aliphatic heterocycles. The van der Waals surface area contributed by atoms with Gasteiger partial charge in [0.2, 0.25) is 5.91 Å². The number of carbonyl (C=O) groups excluding carboxylic acids is 1. The van der Waals surface area contributed by atoms with Crippen LogP contribution in [0, 0.1) is 11.7 Å². The number of H-pyrrole nitrogens is 1. The molecule has 7 heteroatoms. The van der Waals surface area contributed by atoms with Gasteiger partial charge < -0.3 is 9.64 Å². The Kier molecular flexibility index (Phi) is 5.11. The number of hydrogen-bond acceptors (Lipinski definition) is 4. The van der Waals surface area contributed by atoms with Crippen LogP contribution in [0.1, 0.15) is 18.9 Å². The lowest BCUT2D eigenvalue weighted by Crippen LogP contribution is -2.44. The molecule has 1 amide bonds. The molecule has 6 nitrogen and oxygen atoms in total. The van der Waals surface area contributed by atoms with E-state index in [1.807, 2.05) is 47.6 Å². The number of nitrogens with one attached hydrogen (secondary N) is 1. The predicted molar refractivity (Wildman–Crippen MR) is 94.2 cm³/mol. The summed E-state index contributed by atoms with van der Waals surface area (Å²) in [5.41, 5.74) is 2.18. The van der Waals surface area contributed by atoms with E-state index in [2.05, 4.69) is 10.2 Å². The standard InChI is InChI=1S/C17H22N4O2S/c1-12-3-5-14(6-4-12)16-18-19-17(24)21(16)8-7-15(22)20-9-10-23-13(2)11-20/h3-6,13H,7-11H2,1-2H3,(H,19,24). The molecule has 0 radical (unpaired) electrons. The fourth-order valence-corrected chi connectivity index (χ4v) is 3.08. The summed E-state index contributed by atoms with van der Waals surface area (Å²) in [6, 6.07) is 8.11. The number of benzene rings is 1. The average molecular weight is 346 g/mol. The Bertz CT molecular complexity index is 766. The van der Waals surface area contributed by atoms with Crippen molar-refractivity contribution >= 4 is 18.1 Å². The summed E-state index contributed by atoms with van der Waals surface area (Å²) in [6.07, 6.45) is 0.501. The first-order chi connectivity index (χ1) is 11.5. The van der Waals surface area contributed by atoms with Crippen molar-refractivity contribution in [1.82, 2.24) is 19.7 Å². The van der Waals surface area contributed by atoms with Crippen LogP contribution in [0.4, 0.5) is 0 Å². The zero-order valence-corrected chi connectivity index (χ0v) is 14.8. The van der Waals surface area contributed by atoms with Crippen LogP contribution in [-0.4, -0.2) is 51.4 Å². The number of rotatable bonds is 4. The van der Waals surface area contributed by atoms with E-state index in [1.165, 1.54) is 5.56 Å². The highest BCUT2D eigenvalue weighted by Gasteiger charge is 2.21. The second-order valence-electron chi connectivity index (χ2n) is 6.14. The number of ether oxygens (including phenoxy) is 1. The molecule has 3 rings (SSSR count). The molecule has 2 aromatic rings. The van der Waals surface area contributed by atoms with Crippen molar-refractivity contribution in [3.63, 3.8) is 0 Å². The van der Waals surface area contributed by atoms with Gasteiger partial charge in [-0.05, 0) is 26.1 Å². The summed E-state index contributed by atoms with van der Waals surface area (Å²) < 4.78 is 7.91. The van der Waals surface area contributed by atoms with E-state index in [0.717, 1.165) is 11.4 Å². The summed E-state index contributed by atoms with van der Waals surface area (Å²) in [7, 11) is 0. The van der Waals surface area contributed by atoms with Crippen LogP contribution in [0.5, 0.6) is 0 Å². The normalized spacial score (nSPS) is 17.9. The van der Waals surface area contributed by atoms with Gasteiger partial charge in [0.15, 0.2) is 10.6 Å². The molecule has 0 aliphatic carbocycles. The molecule has 128 valence electrons. The predicted octanol–water partition coefficient (Wildman–Crippen LogP) is 2.55. The first-order valence-electron chi connectivity index (χ1n) is 8.16. The molecule has 1 aromatic heterocycles. The maximum absolute atomic E-state index is 12.4. The zero-order chi connectivity index (χ0) is 17.1. The Balaban J connectivity index is 1.71. The van der Waals surface area contributed by atoms with Crippen molar-refractivity contribution in [3.05, 3.63) is 34.6 Å². The van der Waals surface area contributed by atoms with Crippen LogP contribution in [0.25, 0.3) is 11.4 Å². The van der Waals surface area contributed by atoms with Crippen LogP contribution in [0.3, 0.4) is 0 Å². The molecule has 0 spiro atoms. The second-order valence-corrected chi connectivity index (χ2v) is 6.53. The van der Waals surface area contributed by atoms with E-state index in [1.54, 1.807) is 0 Å². The maximum Gasteiger partial charge on any atom is 0.224 e. The summed E-state index contributed by atoms with van der Waals surface area (Å²) in [5, 5.41) is 7.15. The molecule has 1 fully saturated rings. The van der Waals surface area contributed by atoms with Gasteiger partial charge in [-0.15, -0.1) is 0 Å². The number of aromatic nitrogens is 3. The Morgan fingerprint density at radius 2 is 2.17 bits per heavy atom. The van der Waals surface area contributed by atoms with Crippen molar-refractivity contribution < 1.29 is 9.53 Å². The van der Waals surface area contributed by atoms with E-state index < -0.39 is 0 Å².